The minimum absolute atomic E-state index is 0.116. The Hall–Kier alpha value is -0.860. The largest absolute Gasteiger partial charge is 0.343 e. The number of piperidine rings is 1. The maximum absolute atomic E-state index is 11.3. The van der Waals surface area contributed by atoms with Crippen molar-refractivity contribution < 1.29 is 9.59 Å². The normalized spacial score (nSPS) is 21.3. The van der Waals surface area contributed by atoms with Crippen molar-refractivity contribution in [2.24, 2.45) is 5.41 Å². The maximum atomic E-state index is 11.3. The number of hydrogen-bond donors (Lipinski definition) is 0. The van der Waals surface area contributed by atoms with E-state index in [4.69, 9.17) is 0 Å². The van der Waals surface area contributed by atoms with Gasteiger partial charge in [-0.3, -0.25) is 9.59 Å². The molecule has 0 aromatic rings. The van der Waals surface area contributed by atoms with Gasteiger partial charge in [-0.15, -0.1) is 0 Å². The summed E-state index contributed by atoms with van der Waals surface area (Å²) in [4.78, 5) is 24.1. The number of amides is 1. The lowest BCUT2D eigenvalue weighted by atomic mass is 9.77. The van der Waals surface area contributed by atoms with Crippen LogP contribution in [0.1, 0.15) is 33.6 Å². The molecule has 13 heavy (non-hydrogen) atoms. The summed E-state index contributed by atoms with van der Waals surface area (Å²) in [6.07, 6.45) is 1.61. The van der Waals surface area contributed by atoms with Crippen molar-refractivity contribution in [2.75, 3.05) is 13.1 Å². The van der Waals surface area contributed by atoms with E-state index in [0.717, 1.165) is 25.9 Å². The van der Waals surface area contributed by atoms with E-state index in [-0.39, 0.29) is 17.1 Å². The zero-order valence-corrected chi connectivity index (χ0v) is 8.59. The summed E-state index contributed by atoms with van der Waals surface area (Å²) in [6.45, 7) is 6.67. The fourth-order valence-electron chi connectivity index (χ4n) is 1.67. The van der Waals surface area contributed by atoms with E-state index in [1.807, 2.05) is 11.8 Å². The smallest absolute Gasteiger partial charge is 0.219 e. The number of rotatable bonds is 1. The molecular formula is C10H17NO2. The van der Waals surface area contributed by atoms with Crippen LogP contribution in [0, 0.1) is 5.41 Å². The number of ketones is 1. The summed E-state index contributed by atoms with van der Waals surface area (Å²) in [5.41, 5.74) is -0.189. The van der Waals surface area contributed by atoms with E-state index in [0.29, 0.717) is 0 Å². The van der Waals surface area contributed by atoms with Gasteiger partial charge in [0, 0.05) is 25.4 Å². The van der Waals surface area contributed by atoms with Crippen molar-refractivity contribution in [1.82, 2.24) is 4.90 Å². The molecule has 1 aliphatic rings. The van der Waals surface area contributed by atoms with E-state index in [1.54, 1.807) is 13.8 Å². The van der Waals surface area contributed by atoms with Gasteiger partial charge in [0.15, 0.2) is 0 Å². The van der Waals surface area contributed by atoms with Crippen LogP contribution in [-0.4, -0.2) is 29.7 Å². The summed E-state index contributed by atoms with van der Waals surface area (Å²) >= 11 is 0. The molecule has 0 aliphatic carbocycles. The van der Waals surface area contributed by atoms with Crippen LogP contribution in [0.2, 0.25) is 0 Å². The SMILES string of the molecule is CC(=O)N1CCC(C)(C(C)=O)CC1. The van der Waals surface area contributed by atoms with Crippen molar-refractivity contribution in [3.8, 4) is 0 Å². The summed E-state index contributed by atoms with van der Waals surface area (Å²) in [6, 6.07) is 0. The van der Waals surface area contributed by atoms with Gasteiger partial charge in [-0.1, -0.05) is 6.92 Å². The molecule has 0 bridgehead atoms. The molecule has 0 aromatic carbocycles. The van der Waals surface area contributed by atoms with E-state index in [1.165, 1.54) is 0 Å². The van der Waals surface area contributed by atoms with Gasteiger partial charge >= 0.3 is 0 Å². The van der Waals surface area contributed by atoms with E-state index in [2.05, 4.69) is 0 Å². The van der Waals surface area contributed by atoms with Crippen LogP contribution >= 0.6 is 0 Å². The maximum Gasteiger partial charge on any atom is 0.219 e. The topological polar surface area (TPSA) is 37.4 Å². The Labute approximate surface area is 79.1 Å². The average Bonchev–Trinajstić information content (AvgIpc) is 2.04. The van der Waals surface area contributed by atoms with Crippen molar-refractivity contribution in [2.45, 2.75) is 33.6 Å². The first-order valence-electron chi connectivity index (χ1n) is 4.72. The number of carbonyl (C=O) groups excluding carboxylic acids is 2. The van der Waals surface area contributed by atoms with Gasteiger partial charge < -0.3 is 4.90 Å². The summed E-state index contributed by atoms with van der Waals surface area (Å²) in [5, 5.41) is 0. The van der Waals surface area contributed by atoms with Gasteiger partial charge in [-0.2, -0.15) is 0 Å². The van der Waals surface area contributed by atoms with Crippen LogP contribution in [0.4, 0.5) is 0 Å². The van der Waals surface area contributed by atoms with Gasteiger partial charge in [0.1, 0.15) is 5.78 Å². The van der Waals surface area contributed by atoms with Gasteiger partial charge in [-0.05, 0) is 19.8 Å². The van der Waals surface area contributed by atoms with E-state index < -0.39 is 0 Å². The molecule has 1 saturated heterocycles. The van der Waals surface area contributed by atoms with Gasteiger partial charge in [0.25, 0.3) is 0 Å². The zero-order valence-electron chi connectivity index (χ0n) is 8.59. The molecule has 0 saturated carbocycles. The molecule has 0 aromatic heterocycles. The molecular weight excluding hydrogens is 166 g/mol. The molecule has 0 unspecified atom stereocenters. The Morgan fingerprint density at radius 2 is 1.62 bits per heavy atom. The molecule has 74 valence electrons. The van der Waals surface area contributed by atoms with E-state index >= 15 is 0 Å². The predicted octanol–water partition coefficient (Wildman–Crippen LogP) is 1.22. The van der Waals surface area contributed by atoms with Gasteiger partial charge in [0.05, 0.1) is 0 Å². The molecule has 0 radical (unpaired) electrons. The Morgan fingerprint density at radius 3 is 1.92 bits per heavy atom. The summed E-state index contributed by atoms with van der Waals surface area (Å²) < 4.78 is 0. The second kappa shape index (κ2) is 3.48. The summed E-state index contributed by atoms with van der Waals surface area (Å²) in [5.74, 6) is 0.362. The average molecular weight is 183 g/mol. The van der Waals surface area contributed by atoms with Crippen LogP contribution in [0.25, 0.3) is 0 Å². The highest BCUT2D eigenvalue weighted by atomic mass is 16.2. The third-order valence-electron chi connectivity index (χ3n) is 3.16. The number of likely N-dealkylation sites (tertiary alicyclic amines) is 1. The molecule has 1 amide bonds. The lowest BCUT2D eigenvalue weighted by Gasteiger charge is -2.37. The molecule has 1 rings (SSSR count). The highest BCUT2D eigenvalue weighted by Gasteiger charge is 2.34. The number of hydrogen-bond acceptors (Lipinski definition) is 2. The first kappa shape index (κ1) is 10.2. The van der Waals surface area contributed by atoms with Crippen molar-refractivity contribution in [3.63, 3.8) is 0 Å². The Morgan fingerprint density at radius 1 is 1.15 bits per heavy atom. The molecule has 3 heteroatoms. The molecule has 1 fully saturated rings. The third kappa shape index (κ3) is 2.08. The molecule has 0 N–H and O–H groups in total. The highest BCUT2D eigenvalue weighted by Crippen LogP contribution is 2.31. The zero-order chi connectivity index (χ0) is 10.1. The van der Waals surface area contributed by atoms with Crippen molar-refractivity contribution in [1.29, 1.82) is 0 Å². The van der Waals surface area contributed by atoms with E-state index in [9.17, 15) is 9.59 Å². The second-order valence-electron chi connectivity index (χ2n) is 4.12. The number of carbonyl (C=O) groups is 2. The van der Waals surface area contributed by atoms with Crippen molar-refractivity contribution >= 4 is 11.7 Å². The Balaban J connectivity index is 2.56. The number of nitrogens with zero attached hydrogens (tertiary/aromatic N) is 1. The molecule has 0 spiro atoms. The lowest BCUT2D eigenvalue weighted by Crippen LogP contribution is -2.43. The van der Waals surface area contributed by atoms with Crippen LogP contribution < -0.4 is 0 Å². The van der Waals surface area contributed by atoms with Crippen LogP contribution in [-0.2, 0) is 9.59 Å². The lowest BCUT2D eigenvalue weighted by molar-refractivity contribution is -0.136. The van der Waals surface area contributed by atoms with Gasteiger partial charge in [0.2, 0.25) is 5.91 Å². The highest BCUT2D eigenvalue weighted by molar-refractivity contribution is 5.82. The fraction of sp³-hybridized carbons (Fsp3) is 0.800. The first-order chi connectivity index (χ1) is 5.96. The minimum atomic E-state index is -0.189. The summed E-state index contributed by atoms with van der Waals surface area (Å²) in [7, 11) is 0. The van der Waals surface area contributed by atoms with Crippen LogP contribution in [0.5, 0.6) is 0 Å². The quantitative estimate of drug-likeness (QED) is 0.613. The number of Topliss-reactive ketones (excluding diaryl/α,β-unsaturated/α-hetero) is 1. The molecule has 0 atom stereocenters. The molecule has 1 aliphatic heterocycles. The monoisotopic (exact) mass is 183 g/mol. The predicted molar refractivity (Wildman–Crippen MR) is 50.3 cm³/mol. The third-order valence-corrected chi connectivity index (χ3v) is 3.16. The van der Waals surface area contributed by atoms with Crippen LogP contribution in [0.3, 0.4) is 0 Å². The first-order valence-corrected chi connectivity index (χ1v) is 4.72. The minimum Gasteiger partial charge on any atom is -0.343 e. The van der Waals surface area contributed by atoms with Gasteiger partial charge in [-0.25, -0.2) is 0 Å². The van der Waals surface area contributed by atoms with Crippen molar-refractivity contribution in [3.05, 3.63) is 0 Å². The Kier molecular flexibility index (Phi) is 2.74. The fourth-order valence-corrected chi connectivity index (χ4v) is 1.67. The Bertz CT molecular complexity index is 227. The van der Waals surface area contributed by atoms with Crippen LogP contribution in [0.15, 0.2) is 0 Å². The molecule has 1 heterocycles. The molecule has 3 nitrogen and oxygen atoms in total. The standard InChI is InChI=1S/C10H17NO2/c1-8(12)10(3)4-6-11(7-5-10)9(2)13/h4-7H2,1-3H3. The second-order valence-corrected chi connectivity index (χ2v) is 4.12.